The van der Waals surface area contributed by atoms with E-state index in [-0.39, 0.29) is 11.1 Å². The molecule has 4 heteroatoms. The minimum absolute atomic E-state index is 0.151. The highest BCUT2D eigenvalue weighted by molar-refractivity contribution is 5.26. The lowest BCUT2D eigenvalue weighted by Gasteiger charge is -2.53. The van der Waals surface area contributed by atoms with Gasteiger partial charge in [0.15, 0.2) is 0 Å². The Balaban J connectivity index is 3.20. The van der Waals surface area contributed by atoms with Gasteiger partial charge >= 0.3 is 0 Å². The number of hydrogen-bond acceptors (Lipinski definition) is 4. The summed E-state index contributed by atoms with van der Waals surface area (Å²) < 4.78 is 0. The van der Waals surface area contributed by atoms with Crippen LogP contribution in [0.4, 0.5) is 0 Å². The van der Waals surface area contributed by atoms with Gasteiger partial charge in [0, 0.05) is 31.0 Å². The van der Waals surface area contributed by atoms with Crippen molar-refractivity contribution in [1.82, 2.24) is 10.2 Å². The molecule has 1 heterocycles. The summed E-state index contributed by atoms with van der Waals surface area (Å²) in [4.78, 5) is 1.73. The summed E-state index contributed by atoms with van der Waals surface area (Å²) in [7, 11) is 1.78. The molecule has 4 nitrogen and oxygen atoms in total. The lowest BCUT2D eigenvalue weighted by molar-refractivity contribution is 0.0573. The van der Waals surface area contributed by atoms with Crippen molar-refractivity contribution in [3.8, 4) is 12.1 Å². The van der Waals surface area contributed by atoms with Crippen molar-refractivity contribution in [2.45, 2.75) is 57.2 Å². The van der Waals surface area contributed by atoms with Gasteiger partial charge in [0.1, 0.15) is 17.3 Å². The van der Waals surface area contributed by atoms with Crippen LogP contribution in [0.5, 0.6) is 0 Å². The van der Waals surface area contributed by atoms with Crippen LogP contribution in [0.3, 0.4) is 0 Å². The fourth-order valence-electron chi connectivity index (χ4n) is 3.25. The van der Waals surface area contributed by atoms with Crippen LogP contribution in [0.15, 0.2) is 12.3 Å². The Hall–Kier alpha value is -1.52. The minimum atomic E-state index is -0.676. The fraction of sp³-hybridized carbons (Fsp3) is 0.714. The van der Waals surface area contributed by atoms with Gasteiger partial charge in [-0.15, -0.1) is 0 Å². The zero-order valence-electron chi connectivity index (χ0n) is 12.0. The van der Waals surface area contributed by atoms with Gasteiger partial charge in [-0.05, 0) is 27.7 Å². The maximum atomic E-state index is 9.65. The molecule has 0 bridgehead atoms. The molecular formula is C14H22N4. The van der Waals surface area contributed by atoms with Crippen LogP contribution in [0.1, 0.15) is 40.5 Å². The SMILES string of the molecule is C=C(C#N)N(C)C1(C#N)CC(C)(C)NC(C)(C)C1. The molecule has 0 amide bonds. The average Bonchev–Trinajstić information content (AvgIpc) is 2.22. The van der Waals surface area contributed by atoms with E-state index in [1.54, 1.807) is 11.9 Å². The van der Waals surface area contributed by atoms with E-state index in [9.17, 15) is 5.26 Å². The standard InChI is InChI=1S/C14H22N4/c1-11(7-15)18(6)14(10-16)8-12(2,3)17-13(4,5)9-14/h17H,1,8-9H2,2-6H3. The lowest BCUT2D eigenvalue weighted by atomic mass is 9.70. The smallest absolute Gasteiger partial charge is 0.131 e. The first-order valence-electron chi connectivity index (χ1n) is 6.11. The van der Waals surface area contributed by atoms with E-state index in [1.165, 1.54) is 0 Å². The van der Waals surface area contributed by atoms with Crippen LogP contribution in [0.25, 0.3) is 0 Å². The highest BCUT2D eigenvalue weighted by Crippen LogP contribution is 2.40. The molecule has 1 rings (SSSR count). The Morgan fingerprint density at radius 2 is 1.61 bits per heavy atom. The van der Waals surface area contributed by atoms with Crippen molar-refractivity contribution in [1.29, 1.82) is 10.5 Å². The van der Waals surface area contributed by atoms with Gasteiger partial charge in [-0.2, -0.15) is 10.5 Å². The van der Waals surface area contributed by atoms with Crippen LogP contribution >= 0.6 is 0 Å². The molecule has 0 atom stereocenters. The normalized spacial score (nSPS) is 23.5. The number of piperidine rings is 1. The maximum absolute atomic E-state index is 9.65. The Bertz CT molecular complexity index is 418. The van der Waals surface area contributed by atoms with E-state index in [2.05, 4.69) is 45.7 Å². The summed E-state index contributed by atoms with van der Waals surface area (Å²) >= 11 is 0. The highest BCUT2D eigenvalue weighted by atomic mass is 15.2. The molecule has 1 N–H and O–H groups in total. The Labute approximate surface area is 110 Å². The lowest BCUT2D eigenvalue weighted by Crippen LogP contribution is -2.66. The summed E-state index contributed by atoms with van der Waals surface area (Å²) in [6.07, 6.45) is 1.33. The summed E-state index contributed by atoms with van der Waals surface area (Å²) in [5.41, 5.74) is -0.640. The average molecular weight is 246 g/mol. The third kappa shape index (κ3) is 2.66. The molecular weight excluding hydrogens is 224 g/mol. The van der Waals surface area contributed by atoms with Crippen LogP contribution in [0.2, 0.25) is 0 Å². The van der Waals surface area contributed by atoms with E-state index < -0.39 is 5.54 Å². The molecule has 0 aromatic heterocycles. The number of nitrogens with one attached hydrogen (secondary N) is 1. The van der Waals surface area contributed by atoms with E-state index >= 15 is 0 Å². The molecule has 0 spiro atoms. The Kier molecular flexibility index (Phi) is 3.47. The van der Waals surface area contributed by atoms with Crippen LogP contribution < -0.4 is 5.32 Å². The first kappa shape index (κ1) is 14.5. The number of nitrogens with zero attached hydrogens (tertiary/aromatic N) is 3. The quantitative estimate of drug-likeness (QED) is 0.758. The monoisotopic (exact) mass is 246 g/mol. The van der Waals surface area contributed by atoms with Crippen LogP contribution in [-0.2, 0) is 0 Å². The molecule has 0 aromatic carbocycles. The predicted octanol–water partition coefficient (Wildman–Crippen LogP) is 2.16. The van der Waals surface area contributed by atoms with Crippen molar-refractivity contribution >= 4 is 0 Å². The molecule has 0 saturated carbocycles. The minimum Gasteiger partial charge on any atom is -0.348 e. The van der Waals surface area contributed by atoms with Gasteiger partial charge in [0.05, 0.1) is 6.07 Å². The third-order valence-electron chi connectivity index (χ3n) is 3.53. The van der Waals surface area contributed by atoms with Crippen LogP contribution in [-0.4, -0.2) is 28.6 Å². The fourth-order valence-corrected chi connectivity index (χ4v) is 3.25. The third-order valence-corrected chi connectivity index (χ3v) is 3.53. The van der Waals surface area contributed by atoms with Crippen molar-refractivity contribution in [3.63, 3.8) is 0 Å². The molecule has 1 aliphatic rings. The summed E-state index contributed by atoms with van der Waals surface area (Å²) in [6, 6.07) is 4.45. The first-order chi connectivity index (χ1) is 8.07. The molecule has 0 radical (unpaired) electrons. The molecule has 1 aliphatic heterocycles. The second-order valence-corrected chi connectivity index (χ2v) is 6.51. The largest absolute Gasteiger partial charge is 0.348 e. The number of hydrogen-bond donors (Lipinski definition) is 1. The van der Waals surface area contributed by atoms with Crippen molar-refractivity contribution in [2.75, 3.05) is 7.05 Å². The van der Waals surface area contributed by atoms with Gasteiger partial charge < -0.3 is 10.2 Å². The van der Waals surface area contributed by atoms with E-state index in [4.69, 9.17) is 5.26 Å². The van der Waals surface area contributed by atoms with E-state index in [0.29, 0.717) is 18.5 Å². The van der Waals surface area contributed by atoms with E-state index in [0.717, 1.165) is 0 Å². The molecule has 98 valence electrons. The Morgan fingerprint density at radius 1 is 1.17 bits per heavy atom. The molecule has 1 saturated heterocycles. The zero-order valence-corrected chi connectivity index (χ0v) is 12.0. The second kappa shape index (κ2) is 4.30. The Morgan fingerprint density at radius 3 is 1.94 bits per heavy atom. The first-order valence-corrected chi connectivity index (χ1v) is 6.11. The summed E-state index contributed by atoms with van der Waals surface area (Å²) in [5.74, 6) is 0. The molecule has 1 fully saturated rings. The van der Waals surface area contributed by atoms with Crippen molar-refractivity contribution in [2.24, 2.45) is 0 Å². The molecule has 0 aromatic rings. The molecule has 0 unspecified atom stereocenters. The van der Waals surface area contributed by atoms with Crippen molar-refractivity contribution in [3.05, 3.63) is 12.3 Å². The summed E-state index contributed by atoms with van der Waals surface area (Å²) in [6.45, 7) is 12.1. The van der Waals surface area contributed by atoms with Gasteiger partial charge in [-0.25, -0.2) is 0 Å². The van der Waals surface area contributed by atoms with E-state index in [1.807, 2.05) is 6.07 Å². The van der Waals surface area contributed by atoms with Gasteiger partial charge in [0.2, 0.25) is 0 Å². The van der Waals surface area contributed by atoms with Gasteiger partial charge in [0.25, 0.3) is 0 Å². The van der Waals surface area contributed by atoms with Crippen molar-refractivity contribution < 1.29 is 0 Å². The van der Waals surface area contributed by atoms with Crippen LogP contribution in [0, 0.1) is 22.7 Å². The summed E-state index contributed by atoms with van der Waals surface area (Å²) in [5, 5.41) is 22.2. The number of nitriles is 2. The molecule has 18 heavy (non-hydrogen) atoms. The second-order valence-electron chi connectivity index (χ2n) is 6.51. The zero-order chi connectivity index (χ0) is 14.2. The number of allylic oxidation sites excluding steroid dienone is 1. The maximum Gasteiger partial charge on any atom is 0.131 e. The number of rotatable bonds is 2. The topological polar surface area (TPSA) is 62.9 Å². The molecule has 0 aliphatic carbocycles. The van der Waals surface area contributed by atoms with Gasteiger partial charge in [-0.1, -0.05) is 6.58 Å². The predicted molar refractivity (Wildman–Crippen MR) is 71.4 cm³/mol. The highest BCUT2D eigenvalue weighted by Gasteiger charge is 2.50. The van der Waals surface area contributed by atoms with Gasteiger partial charge in [-0.3, -0.25) is 0 Å².